The van der Waals surface area contributed by atoms with E-state index in [-0.39, 0.29) is 11.7 Å². The molecule has 0 aromatic heterocycles. The van der Waals surface area contributed by atoms with Crippen LogP contribution in [0.1, 0.15) is 21.5 Å². The summed E-state index contributed by atoms with van der Waals surface area (Å²) in [5.41, 5.74) is 4.69. The molecular weight excluding hydrogens is 341 g/mol. The summed E-state index contributed by atoms with van der Waals surface area (Å²) >= 11 is 0. The number of ether oxygens (including phenoxy) is 1. The van der Waals surface area contributed by atoms with Crippen molar-refractivity contribution in [2.45, 2.75) is 13.5 Å². The Morgan fingerprint density at radius 3 is 2.41 bits per heavy atom. The van der Waals surface area contributed by atoms with Gasteiger partial charge in [0, 0.05) is 6.54 Å². The first kappa shape index (κ1) is 17.3. The SMILES string of the molecule is Cc1ccc(-c2ccc3c(c2)C(=O)N(Cc2ccc(F)cc2)CCO3)cc1. The fraction of sp³-hybridized carbons (Fsp3) is 0.174. The van der Waals surface area contributed by atoms with E-state index in [1.54, 1.807) is 17.0 Å². The number of amides is 1. The second kappa shape index (κ2) is 7.23. The topological polar surface area (TPSA) is 29.5 Å². The molecule has 0 bridgehead atoms. The molecule has 1 aliphatic heterocycles. The Balaban J connectivity index is 1.64. The van der Waals surface area contributed by atoms with E-state index in [4.69, 9.17) is 4.74 Å². The molecule has 27 heavy (non-hydrogen) atoms. The number of aryl methyl sites for hydroxylation is 1. The van der Waals surface area contributed by atoms with Crippen LogP contribution < -0.4 is 4.74 Å². The number of carbonyl (C=O) groups excluding carboxylic acids is 1. The van der Waals surface area contributed by atoms with Crippen molar-refractivity contribution >= 4 is 5.91 Å². The standard InChI is InChI=1S/C23H20FNO2/c1-16-2-6-18(7-3-16)19-8-11-22-21(14-19)23(26)25(12-13-27-22)15-17-4-9-20(24)10-5-17/h2-11,14H,12-13,15H2,1H3. The minimum atomic E-state index is -0.280. The molecule has 4 heteroatoms. The maximum Gasteiger partial charge on any atom is 0.258 e. The van der Waals surface area contributed by atoms with Crippen LogP contribution in [0.2, 0.25) is 0 Å². The Hall–Kier alpha value is -3.14. The number of fused-ring (bicyclic) bond motifs is 1. The molecule has 1 heterocycles. The van der Waals surface area contributed by atoms with Gasteiger partial charge in [-0.1, -0.05) is 48.0 Å². The molecule has 0 aliphatic carbocycles. The van der Waals surface area contributed by atoms with Crippen molar-refractivity contribution in [2.24, 2.45) is 0 Å². The lowest BCUT2D eigenvalue weighted by Crippen LogP contribution is -2.31. The Bertz CT molecular complexity index is 965. The Labute approximate surface area is 158 Å². The summed E-state index contributed by atoms with van der Waals surface area (Å²) in [5.74, 6) is 0.260. The van der Waals surface area contributed by atoms with Gasteiger partial charge in [-0.25, -0.2) is 4.39 Å². The molecule has 0 N–H and O–H groups in total. The molecule has 3 aromatic carbocycles. The van der Waals surface area contributed by atoms with E-state index >= 15 is 0 Å². The minimum Gasteiger partial charge on any atom is -0.491 e. The minimum absolute atomic E-state index is 0.0687. The lowest BCUT2D eigenvalue weighted by atomic mass is 10.0. The van der Waals surface area contributed by atoms with Crippen LogP contribution in [-0.2, 0) is 6.54 Å². The molecule has 0 saturated carbocycles. The van der Waals surface area contributed by atoms with Crippen molar-refractivity contribution in [3.8, 4) is 16.9 Å². The van der Waals surface area contributed by atoms with Crippen LogP contribution in [0.15, 0.2) is 66.7 Å². The number of hydrogen-bond donors (Lipinski definition) is 0. The highest BCUT2D eigenvalue weighted by Gasteiger charge is 2.24. The van der Waals surface area contributed by atoms with Crippen molar-refractivity contribution < 1.29 is 13.9 Å². The van der Waals surface area contributed by atoms with Gasteiger partial charge < -0.3 is 9.64 Å². The number of nitrogens with zero attached hydrogens (tertiary/aromatic N) is 1. The lowest BCUT2D eigenvalue weighted by Gasteiger charge is -2.20. The summed E-state index contributed by atoms with van der Waals surface area (Å²) in [5, 5.41) is 0. The summed E-state index contributed by atoms with van der Waals surface area (Å²) in [6.07, 6.45) is 0. The van der Waals surface area contributed by atoms with Crippen molar-refractivity contribution in [3.63, 3.8) is 0 Å². The average Bonchev–Trinajstić information content (AvgIpc) is 2.83. The third kappa shape index (κ3) is 3.70. The largest absolute Gasteiger partial charge is 0.491 e. The average molecular weight is 361 g/mol. The van der Waals surface area contributed by atoms with E-state index in [0.717, 1.165) is 16.7 Å². The van der Waals surface area contributed by atoms with Crippen LogP contribution in [0.5, 0.6) is 5.75 Å². The van der Waals surface area contributed by atoms with Gasteiger partial charge in [-0.3, -0.25) is 4.79 Å². The monoisotopic (exact) mass is 361 g/mol. The first-order valence-electron chi connectivity index (χ1n) is 8.98. The third-order valence-electron chi connectivity index (χ3n) is 4.79. The predicted molar refractivity (Wildman–Crippen MR) is 103 cm³/mol. The fourth-order valence-corrected chi connectivity index (χ4v) is 3.25. The summed E-state index contributed by atoms with van der Waals surface area (Å²) < 4.78 is 18.9. The number of rotatable bonds is 3. The molecule has 3 nitrogen and oxygen atoms in total. The van der Waals surface area contributed by atoms with E-state index < -0.39 is 0 Å². The van der Waals surface area contributed by atoms with Crippen molar-refractivity contribution in [1.29, 1.82) is 0 Å². The van der Waals surface area contributed by atoms with Gasteiger partial charge in [-0.2, -0.15) is 0 Å². The number of halogens is 1. The van der Waals surface area contributed by atoms with Gasteiger partial charge in [0.1, 0.15) is 18.2 Å². The normalized spacial score (nSPS) is 13.7. The third-order valence-corrected chi connectivity index (χ3v) is 4.79. The first-order valence-corrected chi connectivity index (χ1v) is 8.98. The highest BCUT2D eigenvalue weighted by atomic mass is 19.1. The quantitative estimate of drug-likeness (QED) is 0.668. The maximum atomic E-state index is 13.1. The van der Waals surface area contributed by atoms with Crippen LogP contribution >= 0.6 is 0 Å². The molecule has 0 fully saturated rings. The molecule has 136 valence electrons. The Kier molecular flexibility index (Phi) is 4.63. The second-order valence-electron chi connectivity index (χ2n) is 6.78. The van der Waals surface area contributed by atoms with Crippen LogP contribution in [0.25, 0.3) is 11.1 Å². The summed E-state index contributed by atoms with van der Waals surface area (Å²) in [6.45, 7) is 3.40. The van der Waals surface area contributed by atoms with Crippen molar-refractivity contribution in [3.05, 3.63) is 89.2 Å². The van der Waals surface area contributed by atoms with Gasteiger partial charge in [0.15, 0.2) is 0 Å². The molecule has 0 radical (unpaired) electrons. The van der Waals surface area contributed by atoms with Crippen LogP contribution in [0.3, 0.4) is 0 Å². The molecule has 1 amide bonds. The van der Waals surface area contributed by atoms with E-state index in [1.165, 1.54) is 17.7 Å². The van der Waals surface area contributed by atoms with E-state index in [0.29, 0.717) is 31.0 Å². The lowest BCUT2D eigenvalue weighted by molar-refractivity contribution is 0.0743. The van der Waals surface area contributed by atoms with Gasteiger partial charge in [0.05, 0.1) is 12.1 Å². The number of carbonyl (C=O) groups is 1. The van der Waals surface area contributed by atoms with Crippen molar-refractivity contribution in [1.82, 2.24) is 4.90 Å². The van der Waals surface area contributed by atoms with E-state index in [2.05, 4.69) is 24.3 Å². The molecule has 0 spiro atoms. The van der Waals surface area contributed by atoms with Gasteiger partial charge in [-0.05, 0) is 47.9 Å². The second-order valence-corrected chi connectivity index (χ2v) is 6.78. The first-order chi connectivity index (χ1) is 13.1. The molecule has 0 saturated heterocycles. The molecule has 3 aromatic rings. The van der Waals surface area contributed by atoms with Gasteiger partial charge in [-0.15, -0.1) is 0 Å². The van der Waals surface area contributed by atoms with Crippen LogP contribution in [-0.4, -0.2) is 24.0 Å². The van der Waals surface area contributed by atoms with Crippen molar-refractivity contribution in [2.75, 3.05) is 13.2 Å². The highest BCUT2D eigenvalue weighted by Crippen LogP contribution is 2.30. The fourth-order valence-electron chi connectivity index (χ4n) is 3.25. The molecule has 1 aliphatic rings. The maximum absolute atomic E-state index is 13.1. The Morgan fingerprint density at radius 1 is 0.963 bits per heavy atom. The van der Waals surface area contributed by atoms with Gasteiger partial charge >= 0.3 is 0 Å². The van der Waals surface area contributed by atoms with E-state index in [1.807, 2.05) is 25.1 Å². The van der Waals surface area contributed by atoms with E-state index in [9.17, 15) is 9.18 Å². The zero-order valence-electron chi connectivity index (χ0n) is 15.1. The zero-order chi connectivity index (χ0) is 18.8. The summed E-state index contributed by atoms with van der Waals surface area (Å²) in [6, 6.07) is 20.2. The predicted octanol–water partition coefficient (Wildman–Crippen LogP) is 4.84. The molecular formula is C23H20FNO2. The highest BCUT2D eigenvalue weighted by molar-refractivity contribution is 5.98. The van der Waals surface area contributed by atoms with Gasteiger partial charge in [0.25, 0.3) is 5.91 Å². The number of hydrogen-bond acceptors (Lipinski definition) is 2. The number of benzene rings is 3. The summed E-state index contributed by atoms with van der Waals surface area (Å²) in [4.78, 5) is 14.9. The zero-order valence-corrected chi connectivity index (χ0v) is 15.1. The Morgan fingerprint density at radius 2 is 1.67 bits per heavy atom. The van der Waals surface area contributed by atoms with Gasteiger partial charge in [0.2, 0.25) is 0 Å². The molecule has 0 unspecified atom stereocenters. The molecule has 0 atom stereocenters. The molecule has 4 rings (SSSR count). The smallest absolute Gasteiger partial charge is 0.258 e. The summed E-state index contributed by atoms with van der Waals surface area (Å²) in [7, 11) is 0. The van der Waals surface area contributed by atoms with Crippen LogP contribution in [0, 0.1) is 12.7 Å². The van der Waals surface area contributed by atoms with Crippen LogP contribution in [0.4, 0.5) is 4.39 Å².